The van der Waals surface area contributed by atoms with Gasteiger partial charge in [-0.2, -0.15) is 0 Å². The first-order valence-electron chi connectivity index (χ1n) is 9.30. The summed E-state index contributed by atoms with van der Waals surface area (Å²) in [6.45, 7) is 0.565. The van der Waals surface area contributed by atoms with Gasteiger partial charge in [0.15, 0.2) is 0 Å². The second-order valence-electron chi connectivity index (χ2n) is 6.92. The molecule has 7 heteroatoms. The summed E-state index contributed by atoms with van der Waals surface area (Å²) >= 11 is 0. The zero-order chi connectivity index (χ0) is 20.4. The molecule has 0 aromatic heterocycles. The number of rotatable bonds is 5. The molecule has 1 aliphatic heterocycles. The number of hydrogen-bond acceptors (Lipinski definition) is 5. The molecule has 0 spiro atoms. The van der Waals surface area contributed by atoms with Crippen molar-refractivity contribution in [3.63, 3.8) is 0 Å². The molecule has 0 atom stereocenters. The van der Waals surface area contributed by atoms with Crippen molar-refractivity contribution < 1.29 is 22.7 Å². The van der Waals surface area contributed by atoms with E-state index in [1.165, 1.54) is 4.31 Å². The Kier molecular flexibility index (Phi) is 5.15. The van der Waals surface area contributed by atoms with Gasteiger partial charge >= 0.3 is 5.97 Å². The number of carbonyl (C=O) groups is 1. The van der Waals surface area contributed by atoms with Crippen LogP contribution in [-0.2, 0) is 21.4 Å². The zero-order valence-corrected chi connectivity index (χ0v) is 16.8. The highest BCUT2D eigenvalue weighted by Gasteiger charge is 2.28. The third kappa shape index (κ3) is 4.05. The van der Waals surface area contributed by atoms with Crippen molar-refractivity contribution in [3.05, 3.63) is 71.8 Å². The molecule has 0 N–H and O–H groups in total. The van der Waals surface area contributed by atoms with Crippen LogP contribution in [0.1, 0.15) is 22.3 Å². The van der Waals surface area contributed by atoms with E-state index in [1.54, 1.807) is 31.4 Å². The third-order valence-corrected chi connectivity index (χ3v) is 6.82. The molecule has 0 unspecified atom stereocenters. The average Bonchev–Trinajstić information content (AvgIpc) is 3.10. The number of fused-ring (bicyclic) bond motifs is 1. The van der Waals surface area contributed by atoms with E-state index in [0.717, 1.165) is 22.1 Å². The summed E-state index contributed by atoms with van der Waals surface area (Å²) in [5.41, 5.74) is 1.70. The Morgan fingerprint density at radius 3 is 2.59 bits per heavy atom. The lowest BCUT2D eigenvalue weighted by atomic mass is 10.1. The Hall–Kier alpha value is -3.06. The smallest absolute Gasteiger partial charge is 0.338 e. The number of methoxy groups -OCH3 is 1. The molecule has 150 valence electrons. The molecular weight excluding hydrogens is 390 g/mol. The standard InChI is InChI=1S/C22H21NO5S/c1-27-21-9-8-17-12-16(6-7-18(17)14-21)15-28-22(24)19-4-2-5-20(13-19)23-10-3-11-29(23,25)26/h2,4-9,12-14H,3,10-11,15H2,1H3. The van der Waals surface area contributed by atoms with E-state index in [-0.39, 0.29) is 12.4 Å². The first-order valence-corrected chi connectivity index (χ1v) is 10.9. The van der Waals surface area contributed by atoms with Crippen LogP contribution in [0, 0.1) is 0 Å². The first-order chi connectivity index (χ1) is 14.0. The minimum absolute atomic E-state index is 0.132. The van der Waals surface area contributed by atoms with Crippen molar-refractivity contribution in [1.82, 2.24) is 0 Å². The molecule has 1 aliphatic rings. The molecule has 4 rings (SSSR count). The van der Waals surface area contributed by atoms with E-state index in [0.29, 0.717) is 24.2 Å². The highest BCUT2D eigenvalue weighted by Crippen LogP contribution is 2.25. The summed E-state index contributed by atoms with van der Waals surface area (Å²) in [6, 6.07) is 18.2. The lowest BCUT2D eigenvalue weighted by molar-refractivity contribution is 0.0473. The van der Waals surface area contributed by atoms with Crippen LogP contribution in [0.25, 0.3) is 10.8 Å². The van der Waals surface area contributed by atoms with Gasteiger partial charge in [0.25, 0.3) is 0 Å². The highest BCUT2D eigenvalue weighted by atomic mass is 32.2. The molecule has 29 heavy (non-hydrogen) atoms. The fourth-order valence-electron chi connectivity index (χ4n) is 3.44. The summed E-state index contributed by atoms with van der Waals surface area (Å²) < 4.78 is 36.2. The molecule has 3 aromatic rings. The van der Waals surface area contributed by atoms with Gasteiger partial charge in [0.1, 0.15) is 12.4 Å². The molecule has 1 heterocycles. The number of esters is 1. The van der Waals surface area contributed by atoms with Crippen molar-refractivity contribution in [1.29, 1.82) is 0 Å². The number of nitrogens with zero attached hydrogens (tertiary/aromatic N) is 1. The van der Waals surface area contributed by atoms with Gasteiger partial charge in [-0.15, -0.1) is 0 Å². The largest absolute Gasteiger partial charge is 0.497 e. The van der Waals surface area contributed by atoms with Crippen LogP contribution in [0.15, 0.2) is 60.7 Å². The maximum absolute atomic E-state index is 12.5. The van der Waals surface area contributed by atoms with Crippen LogP contribution in [0.4, 0.5) is 5.69 Å². The van der Waals surface area contributed by atoms with Crippen LogP contribution in [0.2, 0.25) is 0 Å². The first kappa shape index (κ1) is 19.3. The Bertz CT molecular complexity index is 1170. The summed E-state index contributed by atoms with van der Waals surface area (Å²) in [5, 5.41) is 2.07. The van der Waals surface area contributed by atoms with Gasteiger partial charge < -0.3 is 9.47 Å². The molecule has 6 nitrogen and oxygen atoms in total. The normalized spacial score (nSPS) is 15.4. The average molecular weight is 411 g/mol. The fraction of sp³-hybridized carbons (Fsp3) is 0.227. The molecule has 0 saturated carbocycles. The highest BCUT2D eigenvalue weighted by molar-refractivity contribution is 7.93. The maximum Gasteiger partial charge on any atom is 0.338 e. The van der Waals surface area contributed by atoms with Gasteiger partial charge in [-0.3, -0.25) is 4.31 Å². The van der Waals surface area contributed by atoms with Crippen molar-refractivity contribution in [2.24, 2.45) is 0 Å². The summed E-state index contributed by atoms with van der Waals surface area (Å²) in [4.78, 5) is 12.5. The number of hydrogen-bond donors (Lipinski definition) is 0. The van der Waals surface area contributed by atoms with Crippen molar-refractivity contribution >= 4 is 32.5 Å². The molecule has 1 fully saturated rings. The Labute approximate surface area is 169 Å². The molecule has 0 bridgehead atoms. The van der Waals surface area contributed by atoms with Crippen LogP contribution < -0.4 is 9.04 Å². The minimum atomic E-state index is -3.29. The van der Waals surface area contributed by atoms with Gasteiger partial charge in [-0.1, -0.05) is 24.3 Å². The second-order valence-corrected chi connectivity index (χ2v) is 8.93. The Morgan fingerprint density at radius 2 is 1.83 bits per heavy atom. The van der Waals surface area contributed by atoms with E-state index in [9.17, 15) is 13.2 Å². The van der Waals surface area contributed by atoms with Crippen molar-refractivity contribution in [2.75, 3.05) is 23.7 Å². The molecule has 3 aromatic carbocycles. The van der Waals surface area contributed by atoms with Gasteiger partial charge in [-0.25, -0.2) is 13.2 Å². The van der Waals surface area contributed by atoms with Crippen molar-refractivity contribution in [2.45, 2.75) is 13.0 Å². The van der Waals surface area contributed by atoms with E-state index in [1.807, 2.05) is 36.4 Å². The predicted molar refractivity (Wildman–Crippen MR) is 112 cm³/mol. The quantitative estimate of drug-likeness (QED) is 0.598. The summed E-state index contributed by atoms with van der Waals surface area (Å²) in [5.74, 6) is 0.435. The fourth-order valence-corrected chi connectivity index (χ4v) is 5.00. The lowest BCUT2D eigenvalue weighted by Gasteiger charge is -2.17. The van der Waals surface area contributed by atoms with Gasteiger partial charge in [0.05, 0.1) is 24.1 Å². The molecule has 0 amide bonds. The zero-order valence-electron chi connectivity index (χ0n) is 16.0. The minimum Gasteiger partial charge on any atom is -0.497 e. The van der Waals surface area contributed by atoms with Crippen LogP contribution >= 0.6 is 0 Å². The number of benzene rings is 3. The predicted octanol–water partition coefficient (Wildman–Crippen LogP) is 3.75. The van der Waals surface area contributed by atoms with E-state index in [2.05, 4.69) is 0 Å². The van der Waals surface area contributed by atoms with Crippen molar-refractivity contribution in [3.8, 4) is 5.75 Å². The number of anilines is 1. The number of sulfonamides is 1. The van der Waals surface area contributed by atoms with E-state index >= 15 is 0 Å². The molecule has 1 saturated heterocycles. The van der Waals surface area contributed by atoms with Crippen LogP contribution in [0.3, 0.4) is 0 Å². The topological polar surface area (TPSA) is 72.9 Å². The van der Waals surface area contributed by atoms with E-state index in [4.69, 9.17) is 9.47 Å². The Morgan fingerprint density at radius 1 is 1.03 bits per heavy atom. The SMILES string of the molecule is COc1ccc2cc(COC(=O)c3cccc(N4CCCS4(=O)=O)c3)ccc2c1. The third-order valence-electron chi connectivity index (χ3n) is 4.95. The second kappa shape index (κ2) is 7.75. The number of carbonyl (C=O) groups excluding carboxylic acids is 1. The van der Waals surface area contributed by atoms with Crippen LogP contribution in [-0.4, -0.2) is 33.8 Å². The van der Waals surface area contributed by atoms with Gasteiger partial charge in [-0.05, 0) is 59.2 Å². The van der Waals surface area contributed by atoms with Gasteiger partial charge in [0.2, 0.25) is 10.0 Å². The lowest BCUT2D eigenvalue weighted by Crippen LogP contribution is -2.25. The maximum atomic E-state index is 12.5. The Balaban J connectivity index is 1.47. The van der Waals surface area contributed by atoms with Crippen LogP contribution in [0.5, 0.6) is 5.75 Å². The summed E-state index contributed by atoms with van der Waals surface area (Å²) in [7, 11) is -1.66. The number of ether oxygens (including phenoxy) is 2. The van der Waals surface area contributed by atoms with E-state index < -0.39 is 16.0 Å². The molecule has 0 aliphatic carbocycles. The molecule has 0 radical (unpaired) electrons. The monoisotopic (exact) mass is 411 g/mol. The van der Waals surface area contributed by atoms with Gasteiger partial charge in [0, 0.05) is 6.54 Å². The summed E-state index contributed by atoms with van der Waals surface area (Å²) in [6.07, 6.45) is 0.588. The molecular formula is C22H21NO5S.